The molecule has 0 aliphatic rings. The zero-order valence-electron chi connectivity index (χ0n) is 8.08. The van der Waals surface area contributed by atoms with E-state index in [9.17, 15) is 8.42 Å². The van der Waals surface area contributed by atoms with Gasteiger partial charge in [0.1, 0.15) is 0 Å². The molecule has 0 spiro atoms. The Kier molecular flexibility index (Phi) is 5.73. The molecule has 0 aromatic rings. The second kappa shape index (κ2) is 5.99. The third kappa shape index (κ3) is 11.5. The molecule has 0 rings (SSSR count). The minimum absolute atomic E-state index is 0.221. The van der Waals surface area contributed by atoms with E-state index in [-0.39, 0.29) is 6.61 Å². The van der Waals surface area contributed by atoms with Crippen molar-refractivity contribution in [2.24, 2.45) is 0 Å². The van der Waals surface area contributed by atoms with Crippen LogP contribution in [0.2, 0.25) is 0 Å². The summed E-state index contributed by atoms with van der Waals surface area (Å²) >= 11 is 0. The second-order valence-corrected chi connectivity index (χ2v) is 4.43. The Labute approximate surface area is 79.7 Å². The summed E-state index contributed by atoms with van der Waals surface area (Å²) in [7, 11) is -3.29. The van der Waals surface area contributed by atoms with Crippen LogP contribution in [0.4, 0.5) is 0 Å². The van der Waals surface area contributed by atoms with Crippen LogP contribution in [0.25, 0.3) is 0 Å². The van der Waals surface area contributed by atoms with Crippen LogP contribution in [0, 0.1) is 0 Å². The lowest BCUT2D eigenvalue weighted by Gasteiger charge is -2.04. The first kappa shape index (κ1) is 12.4. The monoisotopic (exact) mass is 208 g/mol. The highest BCUT2D eigenvalue weighted by Crippen LogP contribution is 1.97. The van der Waals surface area contributed by atoms with Crippen LogP contribution in [0.15, 0.2) is 12.3 Å². The molecule has 0 aromatic carbocycles. The molecule has 0 fully saturated rings. The molecule has 5 heteroatoms. The lowest BCUT2D eigenvalue weighted by Crippen LogP contribution is -2.04. The molecular formula is C8H16O4S. The summed E-state index contributed by atoms with van der Waals surface area (Å²) in [6.45, 7) is 6.11. The molecule has 0 heterocycles. The van der Waals surface area contributed by atoms with E-state index in [1.165, 1.54) is 0 Å². The van der Waals surface area contributed by atoms with Crippen LogP contribution in [0.1, 0.15) is 19.8 Å². The molecular weight excluding hydrogens is 192 g/mol. The van der Waals surface area contributed by atoms with Gasteiger partial charge in [0.2, 0.25) is 0 Å². The van der Waals surface area contributed by atoms with Gasteiger partial charge in [0, 0.05) is 0 Å². The van der Waals surface area contributed by atoms with E-state index in [4.69, 9.17) is 4.74 Å². The first-order valence-corrected chi connectivity index (χ1v) is 5.86. The lowest BCUT2D eigenvalue weighted by molar-refractivity contribution is 0.199. The van der Waals surface area contributed by atoms with Gasteiger partial charge in [0.05, 0.1) is 25.2 Å². The number of allylic oxidation sites excluding steroid dienone is 1. The van der Waals surface area contributed by atoms with Crippen molar-refractivity contribution in [2.75, 3.05) is 19.5 Å². The standard InChI is InChI=1S/C8H16O4S/c1-8(2)11-6-4-5-7-12-13(3,9)10/h1,4-7H2,2-3H3. The van der Waals surface area contributed by atoms with E-state index in [1.54, 1.807) is 6.92 Å². The predicted molar refractivity (Wildman–Crippen MR) is 50.8 cm³/mol. The van der Waals surface area contributed by atoms with Gasteiger partial charge >= 0.3 is 0 Å². The van der Waals surface area contributed by atoms with Crippen molar-refractivity contribution in [3.63, 3.8) is 0 Å². The maximum absolute atomic E-state index is 10.5. The molecule has 0 aliphatic carbocycles. The molecule has 0 radical (unpaired) electrons. The smallest absolute Gasteiger partial charge is 0.264 e. The van der Waals surface area contributed by atoms with Crippen LogP contribution >= 0.6 is 0 Å². The topological polar surface area (TPSA) is 52.6 Å². The Morgan fingerprint density at radius 1 is 1.31 bits per heavy atom. The molecule has 0 atom stereocenters. The van der Waals surface area contributed by atoms with E-state index in [0.717, 1.165) is 12.7 Å². The first-order chi connectivity index (χ1) is 5.92. The molecule has 0 aromatic heterocycles. The van der Waals surface area contributed by atoms with Crippen LogP contribution < -0.4 is 0 Å². The first-order valence-electron chi connectivity index (χ1n) is 4.04. The van der Waals surface area contributed by atoms with Crippen LogP contribution in [-0.2, 0) is 19.0 Å². The molecule has 0 N–H and O–H groups in total. The minimum atomic E-state index is -3.29. The van der Waals surface area contributed by atoms with Crippen LogP contribution in [-0.4, -0.2) is 27.9 Å². The number of ether oxygens (including phenoxy) is 1. The molecule has 0 unspecified atom stereocenters. The maximum Gasteiger partial charge on any atom is 0.264 e. The summed E-state index contributed by atoms with van der Waals surface area (Å²) in [4.78, 5) is 0. The molecule has 13 heavy (non-hydrogen) atoms. The highest BCUT2D eigenvalue weighted by atomic mass is 32.2. The lowest BCUT2D eigenvalue weighted by atomic mass is 10.3. The SMILES string of the molecule is C=C(C)OCCCCOS(C)(=O)=O. The highest BCUT2D eigenvalue weighted by Gasteiger charge is 1.99. The molecule has 4 nitrogen and oxygen atoms in total. The summed E-state index contributed by atoms with van der Waals surface area (Å²) in [6.07, 6.45) is 2.47. The Morgan fingerprint density at radius 3 is 2.31 bits per heavy atom. The van der Waals surface area contributed by atoms with Crippen molar-refractivity contribution in [1.29, 1.82) is 0 Å². The minimum Gasteiger partial charge on any atom is -0.499 e. The molecule has 0 aliphatic heterocycles. The Morgan fingerprint density at radius 2 is 1.85 bits per heavy atom. The highest BCUT2D eigenvalue weighted by molar-refractivity contribution is 7.85. The quantitative estimate of drug-likeness (QED) is 0.359. The van der Waals surface area contributed by atoms with Gasteiger partial charge in [-0.2, -0.15) is 8.42 Å². The summed E-state index contributed by atoms with van der Waals surface area (Å²) in [6, 6.07) is 0. The Hall–Kier alpha value is -0.550. The van der Waals surface area contributed by atoms with Crippen molar-refractivity contribution in [3.8, 4) is 0 Å². The van der Waals surface area contributed by atoms with E-state index < -0.39 is 10.1 Å². The average Bonchev–Trinajstić information content (AvgIpc) is 1.93. The fraction of sp³-hybridized carbons (Fsp3) is 0.750. The predicted octanol–water partition coefficient (Wildman–Crippen LogP) is 1.29. The largest absolute Gasteiger partial charge is 0.499 e. The fourth-order valence-corrected chi connectivity index (χ4v) is 1.08. The number of unbranched alkanes of at least 4 members (excludes halogenated alkanes) is 1. The third-order valence-electron chi connectivity index (χ3n) is 1.18. The Bertz CT molecular complexity index is 243. The Balaban J connectivity index is 3.23. The van der Waals surface area contributed by atoms with Crippen molar-refractivity contribution in [1.82, 2.24) is 0 Å². The molecule has 0 saturated heterocycles. The van der Waals surface area contributed by atoms with E-state index in [0.29, 0.717) is 18.8 Å². The molecule has 0 amide bonds. The number of rotatable bonds is 7. The van der Waals surface area contributed by atoms with Crippen molar-refractivity contribution >= 4 is 10.1 Å². The van der Waals surface area contributed by atoms with Gasteiger partial charge < -0.3 is 4.74 Å². The van der Waals surface area contributed by atoms with E-state index in [2.05, 4.69) is 10.8 Å². The van der Waals surface area contributed by atoms with E-state index >= 15 is 0 Å². The van der Waals surface area contributed by atoms with Gasteiger partial charge in [-0.15, -0.1) is 0 Å². The van der Waals surface area contributed by atoms with Crippen LogP contribution in [0.5, 0.6) is 0 Å². The zero-order valence-corrected chi connectivity index (χ0v) is 8.89. The van der Waals surface area contributed by atoms with Gasteiger partial charge in [-0.25, -0.2) is 0 Å². The summed E-state index contributed by atoms with van der Waals surface area (Å²) in [5, 5.41) is 0. The molecule has 0 saturated carbocycles. The number of hydrogen-bond donors (Lipinski definition) is 0. The summed E-state index contributed by atoms with van der Waals surface area (Å²) < 4.78 is 30.6. The van der Waals surface area contributed by atoms with Crippen molar-refractivity contribution < 1.29 is 17.3 Å². The number of hydrogen-bond acceptors (Lipinski definition) is 4. The average molecular weight is 208 g/mol. The molecule has 0 bridgehead atoms. The molecule has 78 valence electrons. The van der Waals surface area contributed by atoms with Crippen molar-refractivity contribution in [3.05, 3.63) is 12.3 Å². The van der Waals surface area contributed by atoms with Gasteiger partial charge in [-0.1, -0.05) is 6.58 Å². The zero-order chi connectivity index (χ0) is 10.3. The second-order valence-electron chi connectivity index (χ2n) is 2.78. The van der Waals surface area contributed by atoms with Gasteiger partial charge in [-0.3, -0.25) is 4.18 Å². The van der Waals surface area contributed by atoms with Crippen LogP contribution in [0.3, 0.4) is 0 Å². The van der Waals surface area contributed by atoms with Gasteiger partial charge in [-0.05, 0) is 19.8 Å². The maximum atomic E-state index is 10.5. The summed E-state index contributed by atoms with van der Waals surface area (Å²) in [5.74, 6) is 0.670. The fourth-order valence-electron chi connectivity index (χ4n) is 0.661. The summed E-state index contributed by atoms with van der Waals surface area (Å²) in [5.41, 5.74) is 0. The van der Waals surface area contributed by atoms with Gasteiger partial charge in [0.15, 0.2) is 0 Å². The normalized spacial score (nSPS) is 11.2. The van der Waals surface area contributed by atoms with E-state index in [1.807, 2.05) is 0 Å². The third-order valence-corrected chi connectivity index (χ3v) is 1.78. The van der Waals surface area contributed by atoms with Gasteiger partial charge in [0.25, 0.3) is 10.1 Å². The van der Waals surface area contributed by atoms with Crippen molar-refractivity contribution in [2.45, 2.75) is 19.8 Å².